The minimum absolute atomic E-state index is 0.475. The third kappa shape index (κ3) is 3.02. The Bertz CT molecular complexity index is 568. The van der Waals surface area contributed by atoms with Crippen LogP contribution >= 0.6 is 11.8 Å². The summed E-state index contributed by atoms with van der Waals surface area (Å²) in [5.41, 5.74) is 2.37. The van der Waals surface area contributed by atoms with Crippen LogP contribution in [-0.2, 0) is 11.2 Å². The summed E-state index contributed by atoms with van der Waals surface area (Å²) in [5, 5.41) is 13.3. The van der Waals surface area contributed by atoms with E-state index in [0.717, 1.165) is 30.5 Å². The van der Waals surface area contributed by atoms with Crippen molar-refractivity contribution < 1.29 is 4.74 Å². The number of aryl methyl sites for hydroxylation is 1. The number of rotatable bonds is 6. The van der Waals surface area contributed by atoms with E-state index in [2.05, 4.69) is 40.6 Å². The van der Waals surface area contributed by atoms with E-state index in [4.69, 9.17) is 4.74 Å². The van der Waals surface area contributed by atoms with Crippen molar-refractivity contribution in [2.24, 2.45) is 0 Å². The van der Waals surface area contributed by atoms with Crippen molar-refractivity contribution in [3.63, 3.8) is 0 Å². The quantitative estimate of drug-likeness (QED) is 0.818. The SMILES string of the molecule is CCCCc1cccc(-n2nnnc2SC2COC2)c1. The third-order valence-electron chi connectivity index (χ3n) is 3.29. The van der Waals surface area contributed by atoms with Crippen LogP contribution in [0.25, 0.3) is 5.69 Å². The van der Waals surface area contributed by atoms with Crippen LogP contribution in [0.15, 0.2) is 29.4 Å². The summed E-state index contributed by atoms with van der Waals surface area (Å²) >= 11 is 1.68. The van der Waals surface area contributed by atoms with Crippen molar-refractivity contribution in [1.82, 2.24) is 20.2 Å². The molecule has 0 N–H and O–H groups in total. The van der Waals surface area contributed by atoms with E-state index in [0.29, 0.717) is 5.25 Å². The first-order chi connectivity index (χ1) is 9.86. The highest BCUT2D eigenvalue weighted by Crippen LogP contribution is 2.27. The van der Waals surface area contributed by atoms with Crippen molar-refractivity contribution in [3.8, 4) is 5.69 Å². The molecule has 2 aromatic rings. The molecule has 1 aliphatic rings. The number of tetrazole rings is 1. The zero-order chi connectivity index (χ0) is 13.8. The number of hydrogen-bond acceptors (Lipinski definition) is 5. The predicted molar refractivity (Wildman–Crippen MR) is 78.2 cm³/mol. The first-order valence-electron chi connectivity index (χ1n) is 6.99. The second-order valence-corrected chi connectivity index (χ2v) is 6.19. The van der Waals surface area contributed by atoms with Gasteiger partial charge in [0.15, 0.2) is 0 Å². The van der Waals surface area contributed by atoms with Crippen LogP contribution in [0.2, 0.25) is 0 Å². The molecule has 1 fully saturated rings. The molecule has 106 valence electrons. The minimum atomic E-state index is 0.475. The lowest BCUT2D eigenvalue weighted by molar-refractivity contribution is 0.0454. The number of thioether (sulfide) groups is 1. The molecule has 0 aliphatic carbocycles. The number of unbranched alkanes of at least 4 members (excludes halogenated alkanes) is 1. The van der Waals surface area contributed by atoms with Gasteiger partial charge >= 0.3 is 0 Å². The Morgan fingerprint density at radius 3 is 3.05 bits per heavy atom. The Hall–Kier alpha value is -1.40. The van der Waals surface area contributed by atoms with E-state index in [-0.39, 0.29) is 0 Å². The number of nitrogens with zero attached hydrogens (tertiary/aromatic N) is 4. The average Bonchev–Trinajstić information content (AvgIpc) is 2.89. The standard InChI is InChI=1S/C14H18N4OS/c1-2-3-5-11-6-4-7-12(8-11)18-14(15-16-17-18)20-13-9-19-10-13/h4,6-8,13H,2-3,5,9-10H2,1H3. The molecule has 1 aliphatic heterocycles. The van der Waals surface area contributed by atoms with Gasteiger partial charge in [0.25, 0.3) is 0 Å². The average molecular weight is 290 g/mol. The van der Waals surface area contributed by atoms with Crippen molar-refractivity contribution >= 4 is 11.8 Å². The Morgan fingerprint density at radius 1 is 1.40 bits per heavy atom. The Morgan fingerprint density at radius 2 is 2.30 bits per heavy atom. The van der Waals surface area contributed by atoms with Crippen molar-refractivity contribution in [3.05, 3.63) is 29.8 Å². The van der Waals surface area contributed by atoms with Crippen LogP contribution < -0.4 is 0 Å². The number of hydrogen-bond donors (Lipinski definition) is 0. The van der Waals surface area contributed by atoms with Crippen molar-refractivity contribution in [1.29, 1.82) is 0 Å². The number of aromatic nitrogens is 4. The minimum Gasteiger partial charge on any atom is -0.379 e. The predicted octanol–water partition coefficient (Wildman–Crippen LogP) is 2.50. The zero-order valence-electron chi connectivity index (χ0n) is 11.5. The van der Waals surface area contributed by atoms with E-state index in [1.165, 1.54) is 18.4 Å². The normalized spacial score (nSPS) is 15.2. The third-order valence-corrected chi connectivity index (χ3v) is 4.37. The summed E-state index contributed by atoms with van der Waals surface area (Å²) in [5.74, 6) is 0. The number of benzene rings is 1. The van der Waals surface area contributed by atoms with E-state index in [1.54, 1.807) is 11.8 Å². The highest BCUT2D eigenvalue weighted by atomic mass is 32.2. The highest BCUT2D eigenvalue weighted by molar-refractivity contribution is 7.99. The molecule has 0 saturated carbocycles. The van der Waals surface area contributed by atoms with Gasteiger partial charge in [-0.05, 0) is 41.0 Å². The fourth-order valence-electron chi connectivity index (χ4n) is 2.07. The summed E-state index contributed by atoms with van der Waals surface area (Å²) in [6, 6.07) is 8.46. The molecule has 1 saturated heterocycles. The van der Waals surface area contributed by atoms with E-state index in [9.17, 15) is 0 Å². The molecule has 0 radical (unpaired) electrons. The van der Waals surface area contributed by atoms with Gasteiger partial charge < -0.3 is 4.74 Å². The largest absolute Gasteiger partial charge is 0.379 e. The van der Waals surface area contributed by atoms with Gasteiger partial charge in [-0.1, -0.05) is 37.2 Å². The Labute approximate surface area is 122 Å². The molecule has 20 heavy (non-hydrogen) atoms. The maximum Gasteiger partial charge on any atom is 0.214 e. The molecule has 6 heteroatoms. The first kappa shape index (κ1) is 13.6. The van der Waals surface area contributed by atoms with Gasteiger partial charge in [0.05, 0.1) is 24.2 Å². The van der Waals surface area contributed by atoms with E-state index in [1.807, 2.05) is 10.7 Å². The lowest BCUT2D eigenvalue weighted by Crippen LogP contribution is -2.30. The molecule has 3 rings (SSSR count). The first-order valence-corrected chi connectivity index (χ1v) is 7.87. The molecule has 0 amide bonds. The molecule has 1 aromatic carbocycles. The van der Waals surface area contributed by atoms with Gasteiger partial charge in [0, 0.05) is 0 Å². The second-order valence-electron chi connectivity index (χ2n) is 4.92. The fourth-order valence-corrected chi connectivity index (χ4v) is 3.02. The summed E-state index contributed by atoms with van der Waals surface area (Å²) in [4.78, 5) is 0. The molecule has 1 aromatic heterocycles. The summed E-state index contributed by atoms with van der Waals surface area (Å²) < 4.78 is 7.01. The lowest BCUT2D eigenvalue weighted by Gasteiger charge is -2.24. The van der Waals surface area contributed by atoms with Crippen LogP contribution in [-0.4, -0.2) is 38.7 Å². The van der Waals surface area contributed by atoms with E-state index < -0.39 is 0 Å². The van der Waals surface area contributed by atoms with Gasteiger partial charge in [-0.25, -0.2) is 0 Å². The van der Waals surface area contributed by atoms with Crippen LogP contribution in [0, 0.1) is 0 Å². The fraction of sp³-hybridized carbons (Fsp3) is 0.500. The Balaban J connectivity index is 1.79. The van der Waals surface area contributed by atoms with Gasteiger partial charge in [-0.2, -0.15) is 4.68 Å². The van der Waals surface area contributed by atoms with Crippen LogP contribution in [0.5, 0.6) is 0 Å². The summed E-state index contributed by atoms with van der Waals surface area (Å²) in [7, 11) is 0. The molecule has 5 nitrogen and oxygen atoms in total. The molecule has 0 unspecified atom stereocenters. The maximum atomic E-state index is 5.19. The van der Waals surface area contributed by atoms with Crippen LogP contribution in [0.4, 0.5) is 0 Å². The second kappa shape index (κ2) is 6.37. The van der Waals surface area contributed by atoms with Gasteiger partial charge in [-0.3, -0.25) is 0 Å². The molecule has 0 bridgehead atoms. The number of ether oxygens (including phenoxy) is 1. The summed E-state index contributed by atoms with van der Waals surface area (Å²) in [6.45, 7) is 3.78. The molecule has 2 heterocycles. The van der Waals surface area contributed by atoms with Crippen LogP contribution in [0.1, 0.15) is 25.3 Å². The Kier molecular flexibility index (Phi) is 4.32. The monoisotopic (exact) mass is 290 g/mol. The van der Waals surface area contributed by atoms with Crippen molar-refractivity contribution in [2.45, 2.75) is 36.6 Å². The molecular weight excluding hydrogens is 272 g/mol. The highest BCUT2D eigenvalue weighted by Gasteiger charge is 2.23. The van der Waals surface area contributed by atoms with Crippen molar-refractivity contribution in [2.75, 3.05) is 13.2 Å². The van der Waals surface area contributed by atoms with Gasteiger partial charge in [0.1, 0.15) is 0 Å². The van der Waals surface area contributed by atoms with Crippen LogP contribution in [0.3, 0.4) is 0 Å². The lowest BCUT2D eigenvalue weighted by atomic mass is 10.1. The smallest absolute Gasteiger partial charge is 0.214 e. The zero-order valence-corrected chi connectivity index (χ0v) is 12.3. The molecule has 0 spiro atoms. The maximum absolute atomic E-state index is 5.19. The topological polar surface area (TPSA) is 52.8 Å². The molecule has 0 atom stereocenters. The molecular formula is C14H18N4OS. The summed E-state index contributed by atoms with van der Waals surface area (Å²) in [6.07, 6.45) is 3.52. The van der Waals surface area contributed by atoms with Gasteiger partial charge in [0.2, 0.25) is 5.16 Å². The van der Waals surface area contributed by atoms with Gasteiger partial charge in [-0.15, -0.1) is 5.10 Å². The van der Waals surface area contributed by atoms with E-state index >= 15 is 0 Å².